The summed E-state index contributed by atoms with van der Waals surface area (Å²) in [5.74, 6) is -0.826. The molecule has 3 atom stereocenters. The van der Waals surface area contributed by atoms with Gasteiger partial charge in [-0.1, -0.05) is 68.3 Å². The summed E-state index contributed by atoms with van der Waals surface area (Å²) in [6, 6.07) is 17.4. The van der Waals surface area contributed by atoms with E-state index in [1.54, 1.807) is 28.5 Å². The minimum atomic E-state index is -3.94. The number of carbonyl (C=O) groups excluding carboxylic acids is 2. The Labute approximate surface area is 220 Å². The monoisotopic (exact) mass is 545 g/mol. The Morgan fingerprint density at radius 1 is 1.17 bits per heavy atom. The molecule has 0 bridgehead atoms. The zero-order chi connectivity index (χ0) is 25.9. The molecule has 0 spiro atoms. The van der Waals surface area contributed by atoms with E-state index in [1.807, 2.05) is 50.2 Å². The molecule has 0 aliphatic carbocycles. The SMILES string of the molecule is CC[C@H](C)[C@@H]1NC(c2ccccc2)c2cc(Cl)ccc2N(CCC(=O)NS(=O)(=O)c2cccs2)C1=O. The van der Waals surface area contributed by atoms with Gasteiger partial charge in [0.2, 0.25) is 11.8 Å². The molecule has 2 N–H and O–H groups in total. The van der Waals surface area contributed by atoms with Gasteiger partial charge in [-0.3, -0.25) is 14.9 Å². The van der Waals surface area contributed by atoms with E-state index in [0.717, 1.165) is 28.9 Å². The van der Waals surface area contributed by atoms with Gasteiger partial charge in [-0.15, -0.1) is 11.3 Å². The standard InChI is InChI=1S/C26H28ClN3O4S2/c1-3-17(2)24-26(32)30(14-13-22(31)29-36(33,34)23-10-7-15-35-23)21-12-11-19(27)16-20(21)25(28-24)18-8-5-4-6-9-18/h4-12,15-17,24-25,28H,3,13-14H2,1-2H3,(H,29,31)/t17-,24-,25?/m0/s1. The zero-order valence-electron chi connectivity index (χ0n) is 20.0. The van der Waals surface area contributed by atoms with Crippen LogP contribution in [0.15, 0.2) is 70.3 Å². The normalized spacial score (nSPS) is 18.9. The summed E-state index contributed by atoms with van der Waals surface area (Å²) in [6.07, 6.45) is 0.594. The lowest BCUT2D eigenvalue weighted by molar-refractivity contribution is -0.122. The molecule has 2 amide bonds. The van der Waals surface area contributed by atoms with Gasteiger partial charge in [-0.2, -0.15) is 0 Å². The van der Waals surface area contributed by atoms with Crippen LogP contribution in [0.5, 0.6) is 0 Å². The lowest BCUT2D eigenvalue weighted by atomic mass is 9.94. The third kappa shape index (κ3) is 5.64. The van der Waals surface area contributed by atoms with Crippen molar-refractivity contribution in [3.05, 3.63) is 82.2 Å². The van der Waals surface area contributed by atoms with Crippen LogP contribution in [0, 0.1) is 5.92 Å². The number of anilines is 1. The highest BCUT2D eigenvalue weighted by Crippen LogP contribution is 2.37. The fraction of sp³-hybridized carbons (Fsp3) is 0.308. The molecular formula is C26H28ClN3O4S2. The average Bonchev–Trinajstić information content (AvgIpc) is 3.38. The van der Waals surface area contributed by atoms with Gasteiger partial charge in [0.05, 0.1) is 12.1 Å². The first kappa shape index (κ1) is 26.3. The van der Waals surface area contributed by atoms with Crippen LogP contribution in [0.2, 0.25) is 5.02 Å². The number of hydrogen-bond donors (Lipinski definition) is 2. The molecule has 7 nitrogen and oxygen atoms in total. The van der Waals surface area contributed by atoms with Crippen molar-refractivity contribution >= 4 is 50.5 Å². The maximum atomic E-state index is 13.8. The number of nitrogens with zero attached hydrogens (tertiary/aromatic N) is 1. The fourth-order valence-electron chi connectivity index (χ4n) is 4.31. The van der Waals surface area contributed by atoms with Crippen molar-refractivity contribution in [2.45, 2.75) is 43.0 Å². The first-order chi connectivity index (χ1) is 17.2. The second kappa shape index (κ2) is 11.1. The van der Waals surface area contributed by atoms with E-state index in [2.05, 4.69) is 10.0 Å². The molecule has 1 aromatic heterocycles. The Morgan fingerprint density at radius 2 is 1.92 bits per heavy atom. The van der Waals surface area contributed by atoms with Crippen molar-refractivity contribution < 1.29 is 18.0 Å². The van der Waals surface area contributed by atoms with Gasteiger partial charge in [0.15, 0.2) is 0 Å². The number of amides is 2. The maximum absolute atomic E-state index is 13.8. The summed E-state index contributed by atoms with van der Waals surface area (Å²) >= 11 is 7.41. The molecule has 1 aliphatic heterocycles. The summed E-state index contributed by atoms with van der Waals surface area (Å²) in [6.45, 7) is 4.06. The minimum absolute atomic E-state index is 0.0176. The van der Waals surface area contributed by atoms with E-state index in [9.17, 15) is 18.0 Å². The van der Waals surface area contributed by atoms with Crippen molar-refractivity contribution in [2.24, 2.45) is 5.92 Å². The lowest BCUT2D eigenvalue weighted by Gasteiger charge is -2.28. The van der Waals surface area contributed by atoms with Crippen LogP contribution >= 0.6 is 22.9 Å². The largest absolute Gasteiger partial charge is 0.310 e. The van der Waals surface area contributed by atoms with Crippen LogP contribution in [-0.4, -0.2) is 32.8 Å². The number of carbonyl (C=O) groups is 2. The Morgan fingerprint density at radius 3 is 2.58 bits per heavy atom. The van der Waals surface area contributed by atoms with Crippen molar-refractivity contribution in [1.82, 2.24) is 10.0 Å². The Kier molecular flexibility index (Phi) is 8.14. The van der Waals surface area contributed by atoms with E-state index >= 15 is 0 Å². The Hall–Kier alpha value is -2.72. The van der Waals surface area contributed by atoms with Gasteiger partial charge in [-0.25, -0.2) is 13.1 Å². The molecule has 2 heterocycles. The fourth-order valence-corrected chi connectivity index (χ4v) is 6.49. The van der Waals surface area contributed by atoms with E-state index in [4.69, 9.17) is 11.6 Å². The first-order valence-corrected chi connectivity index (χ1v) is 14.5. The van der Waals surface area contributed by atoms with E-state index < -0.39 is 22.0 Å². The van der Waals surface area contributed by atoms with Crippen LogP contribution < -0.4 is 14.9 Å². The van der Waals surface area contributed by atoms with Crippen molar-refractivity contribution in [2.75, 3.05) is 11.4 Å². The van der Waals surface area contributed by atoms with E-state index in [-0.39, 0.29) is 35.0 Å². The highest BCUT2D eigenvalue weighted by molar-refractivity contribution is 7.92. The van der Waals surface area contributed by atoms with Crippen LogP contribution in [0.25, 0.3) is 0 Å². The summed E-state index contributed by atoms with van der Waals surface area (Å²) < 4.78 is 27.1. The van der Waals surface area contributed by atoms with E-state index in [0.29, 0.717) is 10.7 Å². The van der Waals surface area contributed by atoms with Gasteiger partial charge in [0, 0.05) is 23.7 Å². The van der Waals surface area contributed by atoms with Gasteiger partial charge >= 0.3 is 0 Å². The van der Waals surface area contributed by atoms with Crippen LogP contribution in [0.3, 0.4) is 0 Å². The first-order valence-electron chi connectivity index (χ1n) is 11.7. The third-order valence-electron chi connectivity index (χ3n) is 6.39. The molecule has 0 saturated heterocycles. The predicted octanol–water partition coefficient (Wildman–Crippen LogP) is 4.74. The summed E-state index contributed by atoms with van der Waals surface area (Å²) in [4.78, 5) is 28.1. The topological polar surface area (TPSA) is 95.6 Å². The summed E-state index contributed by atoms with van der Waals surface area (Å²) in [7, 11) is -3.94. The van der Waals surface area contributed by atoms with Crippen molar-refractivity contribution in [1.29, 1.82) is 0 Å². The summed E-state index contributed by atoms with van der Waals surface area (Å²) in [5.41, 5.74) is 2.45. The smallest absolute Gasteiger partial charge is 0.273 e. The van der Waals surface area contributed by atoms with Crippen molar-refractivity contribution in [3.8, 4) is 0 Å². The van der Waals surface area contributed by atoms with Gasteiger partial charge in [-0.05, 0) is 46.7 Å². The number of nitrogens with one attached hydrogen (secondary N) is 2. The second-order valence-electron chi connectivity index (χ2n) is 8.78. The lowest BCUT2D eigenvalue weighted by Crippen LogP contribution is -2.49. The molecule has 4 rings (SSSR count). The number of hydrogen-bond acceptors (Lipinski definition) is 6. The molecule has 1 aliphatic rings. The number of fused-ring (bicyclic) bond motifs is 1. The Bertz CT molecular complexity index is 1330. The maximum Gasteiger partial charge on any atom is 0.273 e. The molecule has 3 aromatic rings. The molecule has 0 fully saturated rings. The van der Waals surface area contributed by atoms with Crippen molar-refractivity contribution in [3.63, 3.8) is 0 Å². The molecule has 0 saturated carbocycles. The van der Waals surface area contributed by atoms with Gasteiger partial charge < -0.3 is 4.90 Å². The second-order valence-corrected chi connectivity index (χ2v) is 12.1. The van der Waals surface area contributed by atoms with Crippen LogP contribution in [-0.2, 0) is 19.6 Å². The molecule has 10 heteroatoms. The summed E-state index contributed by atoms with van der Waals surface area (Å²) in [5, 5.41) is 5.71. The predicted molar refractivity (Wildman–Crippen MR) is 143 cm³/mol. The molecule has 2 aromatic carbocycles. The number of benzene rings is 2. The number of rotatable bonds is 8. The number of thiophene rings is 1. The number of sulfonamides is 1. The molecular weight excluding hydrogens is 518 g/mol. The average molecular weight is 546 g/mol. The quantitative estimate of drug-likeness (QED) is 0.426. The molecule has 190 valence electrons. The molecule has 0 radical (unpaired) electrons. The van der Waals surface area contributed by atoms with Gasteiger partial charge in [0.25, 0.3) is 10.0 Å². The van der Waals surface area contributed by atoms with E-state index in [1.165, 1.54) is 6.07 Å². The highest BCUT2D eigenvalue weighted by Gasteiger charge is 2.37. The zero-order valence-corrected chi connectivity index (χ0v) is 22.4. The highest BCUT2D eigenvalue weighted by atomic mass is 35.5. The van der Waals surface area contributed by atoms with Gasteiger partial charge in [0.1, 0.15) is 4.21 Å². The third-order valence-corrected chi connectivity index (χ3v) is 9.39. The molecule has 1 unspecified atom stereocenters. The molecule has 36 heavy (non-hydrogen) atoms. The van der Waals surface area contributed by atoms with Crippen LogP contribution in [0.4, 0.5) is 5.69 Å². The Balaban J connectivity index is 1.67. The van der Waals surface area contributed by atoms with Crippen LogP contribution in [0.1, 0.15) is 43.9 Å². The number of halogens is 1. The minimum Gasteiger partial charge on any atom is -0.310 e.